The summed E-state index contributed by atoms with van der Waals surface area (Å²) in [6, 6.07) is 7.82. The number of piperazine rings is 1. The highest BCUT2D eigenvalue weighted by molar-refractivity contribution is 5.80. The van der Waals surface area contributed by atoms with Gasteiger partial charge in [0.1, 0.15) is 5.76 Å². The molecule has 138 valence electrons. The topological polar surface area (TPSA) is 80.1 Å². The highest BCUT2D eigenvalue weighted by atomic mass is 16.7. The summed E-state index contributed by atoms with van der Waals surface area (Å²) < 4.78 is 15.8. The molecule has 0 bridgehead atoms. The van der Waals surface area contributed by atoms with Gasteiger partial charge in [0.05, 0.1) is 6.54 Å². The maximum atomic E-state index is 12.3. The van der Waals surface area contributed by atoms with E-state index in [1.807, 2.05) is 24.0 Å². The molecule has 2 aliphatic heterocycles. The molecule has 8 heteroatoms. The normalized spacial score (nSPS) is 16.7. The first kappa shape index (κ1) is 16.7. The molecule has 1 amide bonds. The molecular weight excluding hydrogens is 336 g/mol. The molecule has 2 aromatic rings. The van der Waals surface area contributed by atoms with Crippen molar-refractivity contribution in [1.29, 1.82) is 0 Å². The zero-order valence-corrected chi connectivity index (χ0v) is 14.7. The third-order valence-corrected chi connectivity index (χ3v) is 4.62. The van der Waals surface area contributed by atoms with Crippen molar-refractivity contribution < 1.29 is 18.8 Å². The van der Waals surface area contributed by atoms with E-state index in [1.165, 1.54) is 5.56 Å². The number of hydrogen-bond acceptors (Lipinski definition) is 7. The van der Waals surface area contributed by atoms with E-state index in [4.69, 9.17) is 14.0 Å². The number of benzene rings is 1. The van der Waals surface area contributed by atoms with Crippen molar-refractivity contribution in [3.05, 3.63) is 35.6 Å². The Kier molecular flexibility index (Phi) is 4.66. The van der Waals surface area contributed by atoms with Gasteiger partial charge in [0.2, 0.25) is 12.7 Å². The molecule has 0 saturated carbocycles. The summed E-state index contributed by atoms with van der Waals surface area (Å²) >= 11 is 0. The fourth-order valence-corrected chi connectivity index (χ4v) is 3.18. The number of amides is 1. The first-order valence-electron chi connectivity index (χ1n) is 8.73. The highest BCUT2D eigenvalue weighted by Gasteiger charge is 2.22. The van der Waals surface area contributed by atoms with Crippen molar-refractivity contribution in [2.45, 2.75) is 13.5 Å². The number of carbonyl (C=O) groups excluding carboxylic acids is 1. The summed E-state index contributed by atoms with van der Waals surface area (Å²) in [5.41, 5.74) is 1.19. The van der Waals surface area contributed by atoms with Crippen molar-refractivity contribution in [2.75, 3.05) is 44.8 Å². The molecule has 4 rings (SSSR count). The predicted molar refractivity (Wildman–Crippen MR) is 94.2 cm³/mol. The van der Waals surface area contributed by atoms with Gasteiger partial charge in [-0.1, -0.05) is 11.2 Å². The van der Waals surface area contributed by atoms with Crippen LogP contribution in [0.1, 0.15) is 11.3 Å². The van der Waals surface area contributed by atoms with Crippen LogP contribution in [-0.2, 0) is 11.3 Å². The van der Waals surface area contributed by atoms with Crippen LogP contribution in [0, 0.1) is 6.92 Å². The molecule has 26 heavy (non-hydrogen) atoms. The summed E-state index contributed by atoms with van der Waals surface area (Å²) in [6.45, 7) is 6.34. The van der Waals surface area contributed by atoms with E-state index in [2.05, 4.69) is 21.4 Å². The van der Waals surface area contributed by atoms with Crippen molar-refractivity contribution >= 4 is 11.7 Å². The summed E-state index contributed by atoms with van der Waals surface area (Å²) in [5.74, 6) is 3.01. The number of aromatic nitrogens is 1. The van der Waals surface area contributed by atoms with Crippen LogP contribution in [0.2, 0.25) is 0 Å². The van der Waals surface area contributed by atoms with Crippen molar-refractivity contribution in [1.82, 2.24) is 15.0 Å². The van der Waals surface area contributed by atoms with Gasteiger partial charge in [-0.25, -0.2) is 0 Å². The Bertz CT molecular complexity index is 783. The van der Waals surface area contributed by atoms with E-state index in [1.54, 1.807) is 6.07 Å². The fraction of sp³-hybridized carbons (Fsp3) is 0.444. The van der Waals surface area contributed by atoms with E-state index >= 15 is 0 Å². The van der Waals surface area contributed by atoms with Gasteiger partial charge >= 0.3 is 0 Å². The number of nitrogens with one attached hydrogen (secondary N) is 1. The second kappa shape index (κ2) is 7.25. The minimum atomic E-state index is 0.0772. The number of fused-ring (bicyclic) bond motifs is 1. The summed E-state index contributed by atoms with van der Waals surface area (Å²) in [6.07, 6.45) is 0. The Labute approximate surface area is 151 Å². The predicted octanol–water partition coefficient (Wildman–Crippen LogP) is 1.47. The number of carbonyl (C=O) groups is 1. The van der Waals surface area contributed by atoms with Gasteiger partial charge in [-0.05, 0) is 24.6 Å². The van der Waals surface area contributed by atoms with Crippen LogP contribution < -0.4 is 14.8 Å². The van der Waals surface area contributed by atoms with E-state index < -0.39 is 0 Å². The minimum Gasteiger partial charge on any atom is -0.454 e. The zero-order chi connectivity index (χ0) is 17.9. The third-order valence-electron chi connectivity index (χ3n) is 4.62. The largest absolute Gasteiger partial charge is 0.454 e. The van der Waals surface area contributed by atoms with Gasteiger partial charge in [0.15, 0.2) is 17.3 Å². The zero-order valence-electron chi connectivity index (χ0n) is 14.7. The van der Waals surface area contributed by atoms with Crippen LogP contribution in [0.5, 0.6) is 11.5 Å². The monoisotopic (exact) mass is 358 g/mol. The maximum absolute atomic E-state index is 12.3. The molecule has 1 saturated heterocycles. The molecule has 1 N–H and O–H groups in total. The second-order valence-corrected chi connectivity index (χ2v) is 6.52. The molecular formula is C18H22N4O4. The Hall–Kier alpha value is -2.74. The van der Waals surface area contributed by atoms with Gasteiger partial charge in [-0.15, -0.1) is 0 Å². The van der Waals surface area contributed by atoms with E-state index in [0.29, 0.717) is 12.6 Å². The molecule has 0 atom stereocenters. The Morgan fingerprint density at radius 2 is 1.96 bits per heavy atom. The van der Waals surface area contributed by atoms with Gasteiger partial charge in [0.25, 0.3) is 0 Å². The van der Waals surface area contributed by atoms with Crippen molar-refractivity contribution in [2.24, 2.45) is 0 Å². The lowest BCUT2D eigenvalue weighted by Crippen LogP contribution is -2.49. The highest BCUT2D eigenvalue weighted by Crippen LogP contribution is 2.32. The molecule has 0 spiro atoms. The number of rotatable bonds is 5. The molecule has 3 heterocycles. The van der Waals surface area contributed by atoms with Crippen LogP contribution >= 0.6 is 0 Å². The second-order valence-electron chi connectivity index (χ2n) is 6.52. The Morgan fingerprint density at radius 1 is 1.15 bits per heavy atom. The van der Waals surface area contributed by atoms with Crippen LogP contribution in [0.15, 0.2) is 28.8 Å². The lowest BCUT2D eigenvalue weighted by atomic mass is 10.1. The van der Waals surface area contributed by atoms with Crippen molar-refractivity contribution in [3.8, 4) is 11.5 Å². The average Bonchev–Trinajstić information content (AvgIpc) is 3.28. The van der Waals surface area contributed by atoms with Crippen molar-refractivity contribution in [3.63, 3.8) is 0 Å². The first-order valence-corrected chi connectivity index (χ1v) is 8.73. The molecule has 0 aliphatic carbocycles. The number of ether oxygens (including phenoxy) is 2. The van der Waals surface area contributed by atoms with Crippen LogP contribution in [0.25, 0.3) is 0 Å². The molecule has 0 unspecified atom stereocenters. The number of nitrogens with zero attached hydrogens (tertiary/aromatic N) is 3. The number of aryl methyl sites for hydroxylation is 1. The molecule has 1 aromatic carbocycles. The fourth-order valence-electron chi connectivity index (χ4n) is 3.18. The number of hydrogen-bond donors (Lipinski definition) is 1. The number of anilines is 1. The third kappa shape index (κ3) is 3.75. The quantitative estimate of drug-likeness (QED) is 0.867. The maximum Gasteiger partial charge on any atom is 0.242 e. The van der Waals surface area contributed by atoms with Gasteiger partial charge < -0.3 is 24.2 Å². The van der Waals surface area contributed by atoms with E-state index in [-0.39, 0.29) is 12.5 Å². The molecule has 8 nitrogen and oxygen atoms in total. The summed E-state index contributed by atoms with van der Waals surface area (Å²) in [7, 11) is 0. The van der Waals surface area contributed by atoms with E-state index in [0.717, 1.165) is 50.0 Å². The molecule has 0 radical (unpaired) electrons. The summed E-state index contributed by atoms with van der Waals surface area (Å²) in [4.78, 5) is 16.6. The van der Waals surface area contributed by atoms with E-state index in [9.17, 15) is 4.79 Å². The lowest BCUT2D eigenvalue weighted by Gasteiger charge is -2.34. The first-order chi connectivity index (χ1) is 12.7. The minimum absolute atomic E-state index is 0.0772. The SMILES string of the molecule is Cc1cc(NCC(=O)N2CCN(Cc3ccc4c(c3)OCO4)CC2)no1. The smallest absolute Gasteiger partial charge is 0.242 e. The average molecular weight is 358 g/mol. The standard InChI is InChI=1S/C18H22N4O4/c1-13-8-17(20-26-13)19-10-18(23)22-6-4-21(5-7-22)11-14-2-3-15-16(9-14)25-12-24-15/h2-3,8-9H,4-7,10-12H2,1H3,(H,19,20). The van der Waals surface area contributed by atoms with Gasteiger partial charge in [-0.2, -0.15) is 0 Å². The Morgan fingerprint density at radius 3 is 2.73 bits per heavy atom. The van der Waals surface area contributed by atoms with Crippen LogP contribution in [0.4, 0.5) is 5.82 Å². The van der Waals surface area contributed by atoms with Crippen LogP contribution in [0.3, 0.4) is 0 Å². The molecule has 1 fully saturated rings. The summed E-state index contributed by atoms with van der Waals surface area (Å²) in [5, 5.41) is 6.83. The Balaban J connectivity index is 1.24. The lowest BCUT2D eigenvalue weighted by molar-refractivity contribution is -0.131. The van der Waals surface area contributed by atoms with Gasteiger partial charge in [-0.3, -0.25) is 9.69 Å². The van der Waals surface area contributed by atoms with Gasteiger partial charge in [0, 0.05) is 38.8 Å². The molecule has 1 aromatic heterocycles. The van der Waals surface area contributed by atoms with Crippen LogP contribution in [-0.4, -0.2) is 60.4 Å². The molecule has 2 aliphatic rings.